The number of hydrogen-bond donors (Lipinski definition) is 0. The molecule has 1 unspecified atom stereocenters. The van der Waals surface area contributed by atoms with E-state index in [0.29, 0.717) is 16.1 Å². The lowest BCUT2D eigenvalue weighted by Gasteiger charge is -2.09. The predicted molar refractivity (Wildman–Crippen MR) is 58.6 cm³/mol. The zero-order valence-corrected chi connectivity index (χ0v) is 9.90. The number of alkyl halides is 2. The summed E-state index contributed by atoms with van der Waals surface area (Å²) in [6, 6.07) is 4.80. The first-order valence-corrected chi connectivity index (χ1v) is 5.34. The summed E-state index contributed by atoms with van der Waals surface area (Å²) in [5.41, 5.74) is 1.14. The van der Waals surface area contributed by atoms with Crippen LogP contribution in [0.25, 0.3) is 0 Å². The van der Waals surface area contributed by atoms with Crippen LogP contribution in [-0.4, -0.2) is 5.78 Å². The maximum absolute atomic E-state index is 12.4. The molecule has 0 aliphatic carbocycles. The van der Waals surface area contributed by atoms with E-state index in [1.54, 1.807) is 18.2 Å². The molecule has 1 aromatic carbocycles. The van der Waals surface area contributed by atoms with E-state index in [9.17, 15) is 9.18 Å². The normalized spacial score (nSPS) is 12.6. The third kappa shape index (κ3) is 2.55. The third-order valence-electron chi connectivity index (χ3n) is 1.84. The Kier molecular flexibility index (Phi) is 4.08. The number of hydrogen-bond acceptors (Lipinski definition) is 1. The van der Waals surface area contributed by atoms with Gasteiger partial charge in [0.1, 0.15) is 12.5 Å². The van der Waals surface area contributed by atoms with Crippen molar-refractivity contribution in [2.45, 2.75) is 18.4 Å². The number of carbonyl (C=O) groups excluding carboxylic acids is 1. The molecule has 76 valence electrons. The van der Waals surface area contributed by atoms with Crippen LogP contribution in [0.2, 0.25) is 5.02 Å². The summed E-state index contributed by atoms with van der Waals surface area (Å²) in [7, 11) is 0. The number of ketones is 1. The van der Waals surface area contributed by atoms with Gasteiger partial charge in [-0.15, -0.1) is 0 Å². The average molecular weight is 280 g/mol. The number of carbonyl (C=O) groups is 1. The van der Waals surface area contributed by atoms with Gasteiger partial charge >= 0.3 is 0 Å². The molecule has 0 heterocycles. The van der Waals surface area contributed by atoms with Gasteiger partial charge in [-0.1, -0.05) is 39.7 Å². The molecule has 0 saturated heterocycles. The van der Waals surface area contributed by atoms with Crippen LogP contribution in [0.4, 0.5) is 4.39 Å². The predicted octanol–water partition coefficient (Wildman–Crippen LogP) is 3.83. The standard InChI is InChI=1S/C10H9BrClFO/c1-6(14)10(11)8-4-7(5-13)2-3-9(8)12/h2-4,10H,5H2,1H3. The van der Waals surface area contributed by atoms with Gasteiger partial charge in [-0.05, 0) is 24.1 Å². The van der Waals surface area contributed by atoms with Crippen molar-refractivity contribution in [3.8, 4) is 0 Å². The number of Topliss-reactive ketones (excluding diaryl/α,β-unsaturated/α-hetero) is 1. The molecule has 1 nitrogen and oxygen atoms in total. The Balaban J connectivity index is 3.11. The second-order valence-corrected chi connectivity index (χ2v) is 4.29. The molecule has 0 amide bonds. The summed E-state index contributed by atoms with van der Waals surface area (Å²) in [4.78, 5) is 10.6. The van der Waals surface area contributed by atoms with Gasteiger partial charge in [-0.25, -0.2) is 4.39 Å². The van der Waals surface area contributed by atoms with E-state index in [0.717, 1.165) is 0 Å². The second kappa shape index (κ2) is 4.89. The maximum Gasteiger partial charge on any atom is 0.147 e. The monoisotopic (exact) mass is 278 g/mol. The molecule has 0 bridgehead atoms. The minimum absolute atomic E-state index is 0.0529. The van der Waals surface area contributed by atoms with E-state index in [4.69, 9.17) is 11.6 Å². The van der Waals surface area contributed by atoms with Gasteiger partial charge in [0.15, 0.2) is 0 Å². The molecule has 0 aliphatic heterocycles. The molecular weight excluding hydrogens is 270 g/mol. The molecular formula is C10H9BrClFO. The number of halogens is 3. The molecule has 1 aromatic rings. The molecule has 0 saturated carbocycles. The van der Waals surface area contributed by atoms with Crippen molar-refractivity contribution in [2.24, 2.45) is 0 Å². The van der Waals surface area contributed by atoms with Crippen LogP contribution in [0.5, 0.6) is 0 Å². The molecule has 1 rings (SSSR count). The van der Waals surface area contributed by atoms with Gasteiger partial charge in [-0.2, -0.15) is 0 Å². The van der Waals surface area contributed by atoms with Gasteiger partial charge in [0.05, 0.1) is 4.83 Å². The molecule has 0 fully saturated rings. The highest BCUT2D eigenvalue weighted by Crippen LogP contribution is 2.31. The molecule has 0 aromatic heterocycles. The van der Waals surface area contributed by atoms with Crippen LogP contribution in [0.15, 0.2) is 18.2 Å². The van der Waals surface area contributed by atoms with Crippen LogP contribution in [0.3, 0.4) is 0 Å². The molecule has 0 spiro atoms. The lowest BCUT2D eigenvalue weighted by atomic mass is 10.1. The minimum Gasteiger partial charge on any atom is -0.298 e. The van der Waals surface area contributed by atoms with Crippen molar-refractivity contribution in [3.05, 3.63) is 34.3 Å². The molecule has 0 N–H and O–H groups in total. The zero-order chi connectivity index (χ0) is 10.7. The van der Waals surface area contributed by atoms with Crippen LogP contribution in [-0.2, 0) is 11.5 Å². The Morgan fingerprint density at radius 3 is 2.79 bits per heavy atom. The molecule has 14 heavy (non-hydrogen) atoms. The summed E-state index contributed by atoms with van der Waals surface area (Å²) in [5.74, 6) is -0.0529. The Bertz CT molecular complexity index is 354. The zero-order valence-electron chi connectivity index (χ0n) is 7.56. The fraction of sp³-hybridized carbons (Fsp3) is 0.300. The van der Waals surface area contributed by atoms with Crippen LogP contribution in [0, 0.1) is 0 Å². The van der Waals surface area contributed by atoms with Gasteiger partial charge in [0, 0.05) is 5.02 Å². The Morgan fingerprint density at radius 2 is 2.29 bits per heavy atom. The average Bonchev–Trinajstić information content (AvgIpc) is 2.17. The van der Waals surface area contributed by atoms with Crippen molar-refractivity contribution in [3.63, 3.8) is 0 Å². The number of benzene rings is 1. The molecule has 0 radical (unpaired) electrons. The largest absolute Gasteiger partial charge is 0.298 e. The first kappa shape index (κ1) is 11.7. The van der Waals surface area contributed by atoms with Crippen LogP contribution < -0.4 is 0 Å². The van der Waals surface area contributed by atoms with Crippen molar-refractivity contribution >= 4 is 33.3 Å². The van der Waals surface area contributed by atoms with Crippen LogP contribution >= 0.6 is 27.5 Å². The summed E-state index contributed by atoms with van der Waals surface area (Å²) >= 11 is 9.10. The van der Waals surface area contributed by atoms with Crippen LogP contribution in [0.1, 0.15) is 22.9 Å². The summed E-state index contributed by atoms with van der Waals surface area (Å²) in [6.45, 7) is 0.902. The number of rotatable bonds is 3. The highest BCUT2D eigenvalue weighted by atomic mass is 79.9. The maximum atomic E-state index is 12.4. The van der Waals surface area contributed by atoms with E-state index in [-0.39, 0.29) is 5.78 Å². The Hall–Kier alpha value is -0.410. The lowest BCUT2D eigenvalue weighted by molar-refractivity contribution is -0.116. The smallest absolute Gasteiger partial charge is 0.147 e. The van der Waals surface area contributed by atoms with E-state index in [1.807, 2.05) is 0 Å². The topological polar surface area (TPSA) is 17.1 Å². The van der Waals surface area contributed by atoms with Gasteiger partial charge in [0.2, 0.25) is 0 Å². The molecule has 4 heteroatoms. The van der Waals surface area contributed by atoms with E-state index >= 15 is 0 Å². The first-order chi connectivity index (χ1) is 6.56. The minimum atomic E-state index is -0.554. The van der Waals surface area contributed by atoms with Gasteiger partial charge in [-0.3, -0.25) is 4.79 Å². The quantitative estimate of drug-likeness (QED) is 0.769. The Morgan fingerprint density at radius 1 is 1.64 bits per heavy atom. The Labute approximate surface area is 95.4 Å². The molecule has 1 atom stereocenters. The third-order valence-corrected chi connectivity index (χ3v) is 3.33. The first-order valence-electron chi connectivity index (χ1n) is 4.05. The van der Waals surface area contributed by atoms with Crippen molar-refractivity contribution in [2.75, 3.05) is 0 Å². The lowest BCUT2D eigenvalue weighted by Crippen LogP contribution is -2.02. The van der Waals surface area contributed by atoms with Crippen molar-refractivity contribution in [1.82, 2.24) is 0 Å². The SMILES string of the molecule is CC(=O)C(Br)c1cc(CF)ccc1Cl. The fourth-order valence-electron chi connectivity index (χ4n) is 1.09. The van der Waals surface area contributed by atoms with Crippen molar-refractivity contribution in [1.29, 1.82) is 0 Å². The van der Waals surface area contributed by atoms with Gasteiger partial charge in [0.25, 0.3) is 0 Å². The van der Waals surface area contributed by atoms with Crippen molar-refractivity contribution < 1.29 is 9.18 Å². The summed E-state index contributed by atoms with van der Waals surface area (Å²) < 4.78 is 12.4. The van der Waals surface area contributed by atoms with E-state index < -0.39 is 11.5 Å². The fourth-order valence-corrected chi connectivity index (χ4v) is 1.83. The highest BCUT2D eigenvalue weighted by Gasteiger charge is 2.16. The highest BCUT2D eigenvalue weighted by molar-refractivity contribution is 9.09. The summed E-state index contributed by atoms with van der Waals surface area (Å²) in [5, 5.41) is 0.472. The van der Waals surface area contributed by atoms with E-state index in [2.05, 4.69) is 15.9 Å². The summed E-state index contributed by atoms with van der Waals surface area (Å²) in [6.07, 6.45) is 0. The van der Waals surface area contributed by atoms with E-state index in [1.165, 1.54) is 6.92 Å². The molecule has 0 aliphatic rings. The van der Waals surface area contributed by atoms with Gasteiger partial charge < -0.3 is 0 Å². The second-order valence-electron chi connectivity index (χ2n) is 2.96.